The summed E-state index contributed by atoms with van der Waals surface area (Å²) in [6, 6.07) is 16.1. The van der Waals surface area contributed by atoms with E-state index in [-0.39, 0.29) is 17.7 Å². The molecule has 1 nitrogen and oxygen atoms in total. The Morgan fingerprint density at radius 1 is 0.784 bits per heavy atom. The molecule has 0 atom stereocenters. The number of benzene rings is 3. The highest BCUT2D eigenvalue weighted by atomic mass is 32.1. The van der Waals surface area contributed by atoms with Gasteiger partial charge in [0.2, 0.25) is 0 Å². The van der Waals surface area contributed by atoms with Gasteiger partial charge in [0.1, 0.15) is 11.6 Å². The summed E-state index contributed by atoms with van der Waals surface area (Å²) in [6.07, 6.45) is -4.08. The van der Waals surface area contributed by atoms with Crippen molar-refractivity contribution in [2.75, 3.05) is 0 Å². The van der Waals surface area contributed by atoms with Gasteiger partial charge in [0, 0.05) is 9.58 Å². The van der Waals surface area contributed by atoms with E-state index in [2.05, 4.69) is 19.1 Å². The van der Waals surface area contributed by atoms with Gasteiger partial charge in [-0.15, -0.1) is 11.3 Å². The Kier molecular flexibility index (Phi) is 8.17. The molecule has 0 N–H and O–H groups in total. The van der Waals surface area contributed by atoms with Crippen LogP contribution in [0.5, 0.6) is 5.75 Å². The zero-order valence-electron chi connectivity index (χ0n) is 20.2. The number of hydrogen-bond acceptors (Lipinski definition) is 2. The third-order valence-electron chi connectivity index (χ3n) is 6.10. The van der Waals surface area contributed by atoms with Crippen molar-refractivity contribution in [1.82, 2.24) is 0 Å². The first-order valence-electron chi connectivity index (χ1n) is 12.1. The van der Waals surface area contributed by atoms with Crippen LogP contribution in [0.3, 0.4) is 0 Å². The molecule has 0 aliphatic rings. The van der Waals surface area contributed by atoms with Gasteiger partial charge in [0.05, 0.1) is 12.0 Å². The van der Waals surface area contributed by atoms with Crippen LogP contribution in [0, 0.1) is 5.82 Å². The van der Waals surface area contributed by atoms with Gasteiger partial charge in [0.15, 0.2) is 0 Å². The molecule has 37 heavy (non-hydrogen) atoms. The number of rotatable bonds is 10. The minimum atomic E-state index is -4.79. The lowest BCUT2D eigenvalue weighted by Crippen LogP contribution is -2.25. The number of thiophene rings is 1. The minimum Gasteiger partial charge on any atom is -0.433 e. The fourth-order valence-electron chi connectivity index (χ4n) is 4.12. The zero-order valence-corrected chi connectivity index (χ0v) is 21.0. The van der Waals surface area contributed by atoms with E-state index < -0.39 is 30.1 Å². The second kappa shape index (κ2) is 11.2. The Morgan fingerprint density at radius 2 is 1.51 bits per heavy atom. The summed E-state index contributed by atoms with van der Waals surface area (Å²) in [4.78, 5) is 0.851. The largest absolute Gasteiger partial charge is 0.433 e. The van der Waals surface area contributed by atoms with Crippen LogP contribution in [0.2, 0.25) is 0 Å². The summed E-state index contributed by atoms with van der Waals surface area (Å²) < 4.78 is 87.2. The number of fused-ring (bicyclic) bond motifs is 1. The number of halogens is 6. The summed E-state index contributed by atoms with van der Waals surface area (Å²) in [6.45, 7) is 2.16. The lowest BCUT2D eigenvalue weighted by molar-refractivity contribution is -0.180. The first-order chi connectivity index (χ1) is 17.5. The Morgan fingerprint density at radius 3 is 2.19 bits per heavy atom. The van der Waals surface area contributed by atoms with Gasteiger partial charge >= 0.3 is 12.3 Å². The highest BCUT2D eigenvalue weighted by Crippen LogP contribution is 2.35. The number of unbranched alkanes of at least 4 members (excludes halogenated alkanes) is 2. The van der Waals surface area contributed by atoms with Crippen LogP contribution in [0.25, 0.3) is 21.2 Å². The van der Waals surface area contributed by atoms with Gasteiger partial charge < -0.3 is 4.74 Å². The van der Waals surface area contributed by atoms with Crippen molar-refractivity contribution in [2.24, 2.45) is 0 Å². The van der Waals surface area contributed by atoms with E-state index in [4.69, 9.17) is 4.74 Å². The maximum Gasteiger partial charge on any atom is 0.419 e. The fraction of sp³-hybridized carbons (Fsp3) is 0.310. The number of hydrogen-bond donors (Lipinski definition) is 0. The van der Waals surface area contributed by atoms with E-state index >= 15 is 0 Å². The molecule has 0 bridgehead atoms. The van der Waals surface area contributed by atoms with Crippen LogP contribution in [-0.4, -0.2) is 6.11 Å². The van der Waals surface area contributed by atoms with Crippen LogP contribution in [0.15, 0.2) is 66.7 Å². The normalized spacial score (nSPS) is 12.3. The van der Waals surface area contributed by atoms with Crippen molar-refractivity contribution in [1.29, 1.82) is 0 Å². The van der Waals surface area contributed by atoms with Crippen molar-refractivity contribution in [3.05, 3.63) is 88.6 Å². The lowest BCUT2D eigenvalue weighted by Gasteiger charge is -2.18. The molecule has 0 fully saturated rings. The molecule has 0 aliphatic carbocycles. The van der Waals surface area contributed by atoms with Gasteiger partial charge in [-0.1, -0.05) is 50.1 Å². The molecule has 4 rings (SSSR count). The van der Waals surface area contributed by atoms with Gasteiger partial charge in [-0.25, -0.2) is 4.39 Å². The van der Waals surface area contributed by atoms with Crippen LogP contribution in [-0.2, 0) is 19.0 Å². The maximum absolute atomic E-state index is 14.5. The molecule has 0 radical (unpaired) electrons. The molecular formula is C29H26F6OS. The molecule has 4 aromatic rings. The summed E-state index contributed by atoms with van der Waals surface area (Å²) in [5.41, 5.74) is 0.470. The van der Waals surface area contributed by atoms with E-state index in [9.17, 15) is 26.3 Å². The van der Waals surface area contributed by atoms with Crippen LogP contribution in [0.4, 0.5) is 26.3 Å². The molecule has 0 spiro atoms. The zero-order chi connectivity index (χ0) is 26.6. The molecule has 0 saturated carbocycles. The van der Waals surface area contributed by atoms with E-state index in [1.54, 1.807) is 0 Å². The summed E-state index contributed by atoms with van der Waals surface area (Å²) in [5, 5.41) is 1.04. The average Bonchev–Trinajstić information content (AvgIpc) is 3.25. The van der Waals surface area contributed by atoms with Crippen molar-refractivity contribution in [3.63, 3.8) is 0 Å². The van der Waals surface area contributed by atoms with Gasteiger partial charge in [-0.3, -0.25) is 0 Å². The predicted molar refractivity (Wildman–Crippen MR) is 136 cm³/mol. The fourth-order valence-corrected chi connectivity index (χ4v) is 5.25. The minimum absolute atomic E-state index is 0.0887. The van der Waals surface area contributed by atoms with Crippen LogP contribution >= 0.6 is 11.3 Å². The molecule has 1 aromatic heterocycles. The van der Waals surface area contributed by atoms with Gasteiger partial charge in [0.25, 0.3) is 0 Å². The average molecular weight is 537 g/mol. The van der Waals surface area contributed by atoms with Gasteiger partial charge in [-0.2, -0.15) is 22.0 Å². The molecule has 0 saturated heterocycles. The summed E-state index contributed by atoms with van der Waals surface area (Å²) >= 11 is 1.51. The molecule has 3 aromatic carbocycles. The third-order valence-corrected chi connectivity index (χ3v) is 7.25. The molecule has 0 amide bonds. The van der Waals surface area contributed by atoms with Crippen molar-refractivity contribution < 1.29 is 31.1 Å². The summed E-state index contributed by atoms with van der Waals surface area (Å²) in [7, 11) is 0. The van der Waals surface area contributed by atoms with Crippen molar-refractivity contribution in [2.45, 2.75) is 57.7 Å². The standard InChI is InChI=1S/C29H26F6OS/c1-2-3-4-5-19-6-7-22-17-24(37-27(22)16-19)14-15-28(31,32)36-23-11-8-20(9-12-23)21-10-13-25(26(30)18-21)29(33,34)35/h6-13,16-18H,2-5,14-15H2,1H3. The van der Waals surface area contributed by atoms with E-state index in [1.807, 2.05) is 12.1 Å². The quantitative estimate of drug-likeness (QED) is 0.145. The van der Waals surface area contributed by atoms with Crippen LogP contribution < -0.4 is 4.74 Å². The first-order valence-corrected chi connectivity index (χ1v) is 12.9. The number of alkyl halides is 5. The Hall–Kier alpha value is -3.00. The smallest absolute Gasteiger partial charge is 0.419 e. The first kappa shape index (κ1) is 27.0. The van der Waals surface area contributed by atoms with Crippen molar-refractivity contribution in [3.8, 4) is 16.9 Å². The molecule has 0 aliphatic heterocycles. The summed E-state index contributed by atoms with van der Waals surface area (Å²) in [5.74, 6) is -1.49. The van der Waals surface area contributed by atoms with Crippen molar-refractivity contribution >= 4 is 21.4 Å². The highest BCUT2D eigenvalue weighted by Gasteiger charge is 2.34. The SMILES string of the molecule is CCCCCc1ccc2cc(CCC(F)(F)Oc3ccc(-c4ccc(C(F)(F)F)c(F)c4)cc3)sc2c1. The maximum atomic E-state index is 14.5. The Bertz CT molecular complexity index is 1340. The van der Waals surface area contributed by atoms with Gasteiger partial charge in [-0.05, 0) is 77.7 Å². The number of aryl methyl sites for hydroxylation is 2. The monoisotopic (exact) mass is 536 g/mol. The predicted octanol–water partition coefficient (Wildman–Crippen LogP) is 10.1. The second-order valence-corrected chi connectivity index (χ2v) is 10.2. The molecular weight excluding hydrogens is 510 g/mol. The highest BCUT2D eigenvalue weighted by molar-refractivity contribution is 7.19. The van der Waals surface area contributed by atoms with E-state index in [0.717, 1.165) is 46.4 Å². The lowest BCUT2D eigenvalue weighted by atomic mass is 10.0. The molecule has 8 heteroatoms. The van der Waals surface area contributed by atoms with E-state index in [1.165, 1.54) is 47.6 Å². The topological polar surface area (TPSA) is 9.23 Å². The molecule has 1 heterocycles. The molecule has 196 valence electrons. The van der Waals surface area contributed by atoms with Crippen LogP contribution in [0.1, 0.15) is 48.6 Å². The third kappa shape index (κ3) is 7.06. The van der Waals surface area contributed by atoms with E-state index in [0.29, 0.717) is 11.6 Å². The molecule has 0 unspecified atom stereocenters. The Labute approximate surface area is 215 Å². The number of ether oxygens (including phenoxy) is 1. The second-order valence-electron chi connectivity index (χ2n) is 9.00. The Balaban J connectivity index is 1.37.